The van der Waals surface area contributed by atoms with E-state index in [1.165, 1.54) is 91.0 Å². The smallest absolute Gasteiger partial charge is 0.330 e. The van der Waals surface area contributed by atoms with Gasteiger partial charge in [-0.25, -0.2) is 14.4 Å². The number of aliphatic hydroxyl groups excluding tert-OH is 13. The van der Waals surface area contributed by atoms with Crippen molar-refractivity contribution < 1.29 is 163 Å². The van der Waals surface area contributed by atoms with Gasteiger partial charge in [-0.2, -0.15) is 0 Å². The highest BCUT2D eigenvalue weighted by Gasteiger charge is 2.50. The molecule has 4 fully saturated rings. The fourth-order valence-electron chi connectivity index (χ4n) is 10.6. The minimum Gasteiger partial charge on any atom is -0.508 e. The molecule has 5 aromatic rings. The lowest BCUT2D eigenvalue weighted by Gasteiger charge is -2.41. The number of phenols is 5. The summed E-state index contributed by atoms with van der Waals surface area (Å²) in [4.78, 5) is 38.4. The molecule has 0 aromatic heterocycles. The average Bonchev–Trinajstić information content (AvgIpc) is 0.765. The van der Waals surface area contributed by atoms with Gasteiger partial charge in [0.2, 0.25) is 30.9 Å². The van der Waals surface area contributed by atoms with Gasteiger partial charge in [0.1, 0.15) is 158 Å². The van der Waals surface area contributed by atoms with Crippen molar-refractivity contribution in [1.29, 1.82) is 0 Å². The molecule has 33 nitrogen and oxygen atoms in total. The number of phenolic OH excluding ortho intramolecular Hbond substituents is 5. The number of ether oxygens (including phenoxy) is 12. The number of benzene rings is 5. The SMILES string of the molecule is O=C(/C=C/c1ccc(O)cc1)OC[C@@H]1O[C@@H](Oc2cc(O)c3c(c2)OC(c2cc(O[C@@H]4O[C@H](COC(=O)/C=C/c5ccc(O)cc5)[C@@H](O)[C@@H](O)[C@@H]4O)c(O)c(O[C@@H]4O[C@H](COC(=O)/C=C/c5ccc(O)cc5)[C@@H](O)[C@H](O)[C@H]4O)c2)C(O[C@@H]2O[C@H](CO)[C@@H](O)[C@H](O)[C@H]2O)=C3)[C@H](O)[C@@H](O)[C@@H]1O. The van der Waals surface area contributed by atoms with Crippen molar-refractivity contribution >= 4 is 42.2 Å². The zero-order chi connectivity index (χ0) is 71.1. The Morgan fingerprint density at radius 3 is 1.12 bits per heavy atom. The number of hydrogen-bond acceptors (Lipinski definition) is 33. The average molecular weight is 1390 g/mol. The van der Waals surface area contributed by atoms with Gasteiger partial charge in [-0.3, -0.25) is 0 Å². The fourth-order valence-corrected chi connectivity index (χ4v) is 10.6. The molecule has 532 valence electrons. The second-order valence-corrected chi connectivity index (χ2v) is 23.1. The van der Waals surface area contributed by atoms with Gasteiger partial charge in [-0.05, 0) is 89.5 Å². The van der Waals surface area contributed by atoms with Gasteiger partial charge in [-0.15, -0.1) is 0 Å². The van der Waals surface area contributed by atoms with Crippen molar-refractivity contribution in [1.82, 2.24) is 0 Å². The van der Waals surface area contributed by atoms with Crippen LogP contribution in [0.1, 0.15) is 33.9 Å². The molecule has 21 atom stereocenters. The maximum atomic E-state index is 12.9. The van der Waals surface area contributed by atoms with Crippen molar-refractivity contribution in [2.45, 2.75) is 129 Å². The fraction of sp³-hybridized carbons (Fsp3) is 0.379. The molecule has 99 heavy (non-hydrogen) atoms. The maximum absolute atomic E-state index is 12.9. The van der Waals surface area contributed by atoms with E-state index in [-0.39, 0.29) is 34.1 Å². The highest BCUT2D eigenvalue weighted by molar-refractivity contribution is 5.88. The van der Waals surface area contributed by atoms with Crippen LogP contribution in [0.25, 0.3) is 24.3 Å². The van der Waals surface area contributed by atoms with Gasteiger partial charge in [0, 0.05) is 35.9 Å². The second-order valence-electron chi connectivity index (χ2n) is 23.1. The van der Waals surface area contributed by atoms with E-state index in [1.54, 1.807) is 0 Å². The van der Waals surface area contributed by atoms with E-state index in [4.69, 9.17) is 56.8 Å². The second kappa shape index (κ2) is 31.8. The first kappa shape index (κ1) is 72.5. The Morgan fingerprint density at radius 2 is 0.747 bits per heavy atom. The molecule has 5 aliphatic rings. The summed E-state index contributed by atoms with van der Waals surface area (Å²) in [5.41, 5.74) is 0.797. The molecule has 18 N–H and O–H groups in total. The molecule has 4 saturated heterocycles. The summed E-state index contributed by atoms with van der Waals surface area (Å²) in [6, 6.07) is 21.0. The van der Waals surface area contributed by atoms with Gasteiger partial charge in [0.05, 0.1) is 12.2 Å². The third kappa shape index (κ3) is 17.3. The Bertz CT molecular complexity index is 3600. The van der Waals surface area contributed by atoms with Gasteiger partial charge >= 0.3 is 17.9 Å². The maximum Gasteiger partial charge on any atom is 0.330 e. The number of aromatic hydroxyl groups is 5. The quantitative estimate of drug-likeness (QED) is 0.0199. The normalized spacial score (nSPS) is 31.5. The Kier molecular flexibility index (Phi) is 23.3. The molecular weight excluding hydrogens is 1320 g/mol. The van der Waals surface area contributed by atoms with E-state index in [0.29, 0.717) is 16.7 Å². The third-order valence-corrected chi connectivity index (χ3v) is 16.2. The lowest BCUT2D eigenvalue weighted by atomic mass is 9.98. The number of fused-ring (bicyclic) bond motifs is 1. The predicted octanol–water partition coefficient (Wildman–Crippen LogP) is -2.17. The zero-order valence-corrected chi connectivity index (χ0v) is 51.4. The largest absolute Gasteiger partial charge is 0.508 e. The summed E-state index contributed by atoms with van der Waals surface area (Å²) in [5, 5.41) is 196. The van der Waals surface area contributed by atoms with Crippen LogP contribution in [-0.4, -0.2) is 259 Å². The number of rotatable bonds is 22. The van der Waals surface area contributed by atoms with E-state index in [0.717, 1.165) is 48.6 Å². The number of carbonyl (C=O) groups excluding carboxylic acids is 3. The first-order chi connectivity index (χ1) is 47.2. The van der Waals surface area contributed by atoms with E-state index in [1.807, 2.05) is 0 Å². The van der Waals surface area contributed by atoms with E-state index < -0.39 is 208 Å². The van der Waals surface area contributed by atoms with Crippen molar-refractivity contribution in [3.05, 3.63) is 149 Å². The van der Waals surface area contributed by atoms with Crippen LogP contribution in [0.3, 0.4) is 0 Å². The lowest BCUT2D eigenvalue weighted by molar-refractivity contribution is -0.293. The minimum absolute atomic E-state index is 0.0249. The lowest BCUT2D eigenvalue weighted by Crippen LogP contribution is -2.60. The van der Waals surface area contributed by atoms with Crippen molar-refractivity contribution in [3.8, 4) is 51.7 Å². The van der Waals surface area contributed by atoms with Crippen LogP contribution in [0.15, 0.2) is 121 Å². The van der Waals surface area contributed by atoms with Gasteiger partial charge in [0.25, 0.3) is 0 Å². The predicted molar refractivity (Wildman–Crippen MR) is 329 cm³/mol. The Morgan fingerprint density at radius 1 is 0.404 bits per heavy atom. The molecule has 5 heterocycles. The van der Waals surface area contributed by atoms with Crippen LogP contribution in [0.4, 0.5) is 0 Å². The van der Waals surface area contributed by atoms with Crippen LogP contribution in [-0.2, 0) is 52.3 Å². The van der Waals surface area contributed by atoms with E-state index >= 15 is 0 Å². The molecule has 0 aliphatic carbocycles. The highest BCUT2D eigenvalue weighted by Crippen LogP contribution is 2.49. The zero-order valence-electron chi connectivity index (χ0n) is 51.4. The molecular formula is C66H70O33. The van der Waals surface area contributed by atoms with Gasteiger partial charge in [-0.1, -0.05) is 36.4 Å². The van der Waals surface area contributed by atoms with Crippen molar-refractivity contribution in [2.75, 3.05) is 26.4 Å². The van der Waals surface area contributed by atoms with Crippen LogP contribution in [0.2, 0.25) is 0 Å². The van der Waals surface area contributed by atoms with Crippen LogP contribution in [0, 0.1) is 0 Å². The first-order valence-electron chi connectivity index (χ1n) is 30.3. The molecule has 33 heteroatoms. The molecule has 0 bridgehead atoms. The molecule has 10 rings (SSSR count). The number of aliphatic hydroxyl groups is 13. The molecule has 5 aliphatic heterocycles. The Labute approximate surface area is 559 Å². The first-order valence-corrected chi connectivity index (χ1v) is 30.3. The summed E-state index contributed by atoms with van der Waals surface area (Å²) in [6.07, 6.45) is -33.4. The summed E-state index contributed by atoms with van der Waals surface area (Å²) < 4.78 is 69.4. The molecule has 1 unspecified atom stereocenters. The number of carbonyl (C=O) groups is 3. The summed E-state index contributed by atoms with van der Waals surface area (Å²) in [7, 11) is 0. The number of hydrogen-bond donors (Lipinski definition) is 18. The van der Waals surface area contributed by atoms with Crippen LogP contribution < -0.4 is 18.9 Å². The Hall–Kier alpha value is -9.21. The Balaban J connectivity index is 0.980. The summed E-state index contributed by atoms with van der Waals surface area (Å²) in [6.45, 7) is -3.29. The number of esters is 3. The molecule has 0 radical (unpaired) electrons. The molecule has 0 saturated carbocycles. The van der Waals surface area contributed by atoms with E-state index in [9.17, 15) is 106 Å². The highest BCUT2D eigenvalue weighted by atomic mass is 16.7. The molecule has 5 aromatic carbocycles. The van der Waals surface area contributed by atoms with E-state index in [2.05, 4.69) is 0 Å². The van der Waals surface area contributed by atoms with Crippen molar-refractivity contribution in [2.24, 2.45) is 0 Å². The van der Waals surface area contributed by atoms with Crippen LogP contribution >= 0.6 is 0 Å². The summed E-state index contributed by atoms with van der Waals surface area (Å²) in [5.74, 6) is -7.85. The van der Waals surface area contributed by atoms with Gasteiger partial charge in [0.15, 0.2) is 17.6 Å². The topological polar surface area (TPSA) is 526 Å². The van der Waals surface area contributed by atoms with Crippen LogP contribution in [0.5, 0.6) is 51.7 Å². The minimum atomic E-state index is -2.22. The standard InChI is InChI=1S/C66H70O33/c67-24-42-50(76)54(80)59(85)66(96-42)95-41-23-36-37(71)21-35(91-63-58(84)55(81)51(77)43(97-63)25-88-46(72)16-7-28-1-10-32(68)11-2-28)22-38(36)92-62(41)31-19-39(93-64-60(86)56(82)52(78)44(98-64)26-89-47(73)17-8-29-3-12-33(69)13-4-29)49(75)40(20-31)94-65-61(87)57(83)53(79)45(99-65)27-90-48(74)18-9-30-5-14-34(70)15-6-30/h1-23,42-45,50-71,75-87H,24-27H2/b16-7+,17-8+,18-9+/t42-,43+,44-,45-,50-,51-,52-,53-,54+,55+,56-,57+,58-,59-,60+,61-,62?,63-,64-,65-,66-/m1/s1. The monoisotopic (exact) mass is 1390 g/mol. The molecule has 0 spiro atoms. The third-order valence-electron chi connectivity index (χ3n) is 16.2. The van der Waals surface area contributed by atoms with Gasteiger partial charge < -0.3 is 149 Å². The summed E-state index contributed by atoms with van der Waals surface area (Å²) >= 11 is 0. The molecule has 0 amide bonds. The van der Waals surface area contributed by atoms with Crippen molar-refractivity contribution in [3.63, 3.8) is 0 Å².